The molecular weight excluding hydrogens is 198 g/mol. The van der Waals surface area contributed by atoms with Gasteiger partial charge in [0, 0.05) is 19.3 Å². The Morgan fingerprint density at radius 3 is 3.12 bits per heavy atom. The lowest BCUT2D eigenvalue weighted by atomic mass is 10.2. The van der Waals surface area contributed by atoms with Crippen LogP contribution in [0.15, 0.2) is 18.9 Å². The molecule has 1 N–H and O–H groups in total. The maximum atomic E-state index is 4.47. The van der Waals surface area contributed by atoms with Crippen LogP contribution in [0.1, 0.15) is 31.4 Å². The highest BCUT2D eigenvalue weighted by molar-refractivity contribution is 5.29. The van der Waals surface area contributed by atoms with Crippen LogP contribution in [0.5, 0.6) is 0 Å². The number of aryl methyl sites for hydroxylation is 2. The van der Waals surface area contributed by atoms with E-state index < -0.39 is 0 Å². The van der Waals surface area contributed by atoms with E-state index >= 15 is 0 Å². The Morgan fingerprint density at radius 1 is 1.62 bits per heavy atom. The van der Waals surface area contributed by atoms with E-state index in [2.05, 4.69) is 27.6 Å². The second-order valence-corrected chi connectivity index (χ2v) is 4.65. The molecule has 1 heterocycles. The molecule has 0 unspecified atom stereocenters. The molecule has 88 valence electrons. The minimum absolute atomic E-state index is 0.777. The number of aromatic nitrogens is 2. The van der Waals surface area contributed by atoms with Crippen molar-refractivity contribution in [2.45, 2.75) is 39.2 Å². The number of anilines is 1. The van der Waals surface area contributed by atoms with E-state index in [0.29, 0.717) is 0 Å². The number of hydrogen-bond donors (Lipinski definition) is 1. The van der Waals surface area contributed by atoms with Gasteiger partial charge in [0.05, 0.1) is 5.69 Å². The van der Waals surface area contributed by atoms with Crippen molar-refractivity contribution in [2.75, 3.05) is 11.9 Å². The second-order valence-electron chi connectivity index (χ2n) is 4.65. The van der Waals surface area contributed by atoms with Crippen molar-refractivity contribution in [3.63, 3.8) is 0 Å². The molecule has 1 aromatic heterocycles. The zero-order chi connectivity index (χ0) is 11.4. The van der Waals surface area contributed by atoms with Gasteiger partial charge in [0.15, 0.2) is 0 Å². The predicted octanol–water partition coefficient (Wildman–Crippen LogP) is 2.98. The number of nitrogens with zero attached hydrogens (tertiary/aromatic N) is 2. The van der Waals surface area contributed by atoms with E-state index in [1.54, 1.807) is 0 Å². The summed E-state index contributed by atoms with van der Waals surface area (Å²) in [5, 5.41) is 3.27. The molecule has 3 nitrogen and oxygen atoms in total. The van der Waals surface area contributed by atoms with Crippen LogP contribution in [0.25, 0.3) is 0 Å². The number of rotatable bonds is 7. The zero-order valence-electron chi connectivity index (χ0n) is 10.1. The molecule has 2 rings (SSSR count). The fraction of sp³-hybridized carbons (Fsp3) is 0.615. The summed E-state index contributed by atoms with van der Waals surface area (Å²) < 4.78 is 2.22. The van der Waals surface area contributed by atoms with Gasteiger partial charge in [-0.15, -0.1) is 6.58 Å². The van der Waals surface area contributed by atoms with Gasteiger partial charge in [-0.25, -0.2) is 4.98 Å². The third-order valence-electron chi connectivity index (χ3n) is 3.01. The molecule has 16 heavy (non-hydrogen) atoms. The summed E-state index contributed by atoms with van der Waals surface area (Å²) in [6.07, 6.45) is 9.52. The van der Waals surface area contributed by atoms with Gasteiger partial charge in [0.1, 0.15) is 0 Å². The molecule has 0 radical (unpaired) electrons. The van der Waals surface area contributed by atoms with Gasteiger partial charge < -0.3 is 9.88 Å². The molecule has 0 aromatic carbocycles. The lowest BCUT2D eigenvalue weighted by Gasteiger charge is -2.07. The van der Waals surface area contributed by atoms with Crippen molar-refractivity contribution in [2.24, 2.45) is 5.92 Å². The van der Waals surface area contributed by atoms with Gasteiger partial charge in [-0.1, -0.05) is 18.9 Å². The summed E-state index contributed by atoms with van der Waals surface area (Å²) in [6.45, 7) is 7.60. The Bertz CT molecular complexity index is 350. The lowest BCUT2D eigenvalue weighted by Crippen LogP contribution is -2.07. The van der Waals surface area contributed by atoms with E-state index in [0.717, 1.165) is 30.6 Å². The highest BCUT2D eigenvalue weighted by atomic mass is 15.2. The molecule has 0 aliphatic heterocycles. The summed E-state index contributed by atoms with van der Waals surface area (Å²) in [5.74, 6) is 2.00. The van der Waals surface area contributed by atoms with E-state index in [4.69, 9.17) is 0 Å². The van der Waals surface area contributed by atoms with Crippen LogP contribution in [0, 0.1) is 12.8 Å². The fourth-order valence-corrected chi connectivity index (χ4v) is 1.98. The van der Waals surface area contributed by atoms with Crippen LogP contribution >= 0.6 is 0 Å². The molecule has 1 aliphatic rings. The quantitative estimate of drug-likeness (QED) is 0.714. The average molecular weight is 219 g/mol. The monoisotopic (exact) mass is 219 g/mol. The summed E-state index contributed by atoms with van der Waals surface area (Å²) in [5.41, 5.74) is 1.08. The van der Waals surface area contributed by atoms with Gasteiger partial charge in [-0.2, -0.15) is 0 Å². The van der Waals surface area contributed by atoms with Crippen molar-refractivity contribution >= 4 is 5.95 Å². The maximum Gasteiger partial charge on any atom is 0.203 e. The summed E-state index contributed by atoms with van der Waals surface area (Å²) in [7, 11) is 0. The molecule has 0 saturated heterocycles. The number of nitrogens with one attached hydrogen (secondary N) is 1. The molecule has 1 aromatic rings. The van der Waals surface area contributed by atoms with Crippen LogP contribution < -0.4 is 5.32 Å². The Labute approximate surface area is 97.6 Å². The average Bonchev–Trinajstić information content (AvgIpc) is 3.00. The maximum absolute atomic E-state index is 4.47. The number of imidazole rings is 1. The highest BCUT2D eigenvalue weighted by Crippen LogP contribution is 2.33. The Morgan fingerprint density at radius 2 is 2.44 bits per heavy atom. The van der Waals surface area contributed by atoms with Crippen LogP contribution in [-0.2, 0) is 6.54 Å². The van der Waals surface area contributed by atoms with Gasteiger partial charge in [-0.05, 0) is 25.7 Å². The van der Waals surface area contributed by atoms with E-state index in [9.17, 15) is 0 Å². The number of hydrogen-bond acceptors (Lipinski definition) is 2. The third-order valence-corrected chi connectivity index (χ3v) is 3.01. The molecule has 3 heteroatoms. The molecule has 1 aliphatic carbocycles. The van der Waals surface area contributed by atoms with E-state index in [1.165, 1.54) is 25.7 Å². The minimum atomic E-state index is 0.777. The van der Waals surface area contributed by atoms with Gasteiger partial charge >= 0.3 is 0 Å². The van der Waals surface area contributed by atoms with Gasteiger partial charge in [-0.3, -0.25) is 0 Å². The van der Waals surface area contributed by atoms with Gasteiger partial charge in [0.25, 0.3) is 0 Å². The van der Waals surface area contributed by atoms with Gasteiger partial charge in [0.2, 0.25) is 5.95 Å². The van der Waals surface area contributed by atoms with Crippen LogP contribution in [-0.4, -0.2) is 16.1 Å². The summed E-state index contributed by atoms with van der Waals surface area (Å²) in [6, 6.07) is 0. The first-order valence-corrected chi connectivity index (χ1v) is 6.18. The Balaban J connectivity index is 1.86. The third kappa shape index (κ3) is 3.12. The first kappa shape index (κ1) is 11.2. The largest absolute Gasteiger partial charge is 0.352 e. The van der Waals surface area contributed by atoms with Crippen molar-refractivity contribution in [3.05, 3.63) is 24.5 Å². The SMILES string of the molecule is C=CCNc1nc(C)cn1CCCC1CC1. The standard InChI is InChI=1S/C13H21N3/c1-3-8-14-13-15-11(2)10-16(13)9-4-5-12-6-7-12/h3,10,12H,1,4-9H2,2H3,(H,14,15). The van der Waals surface area contributed by atoms with Crippen LogP contribution in [0.4, 0.5) is 5.95 Å². The second kappa shape index (κ2) is 5.19. The Hall–Kier alpha value is -1.25. The summed E-state index contributed by atoms with van der Waals surface area (Å²) >= 11 is 0. The molecule has 1 saturated carbocycles. The topological polar surface area (TPSA) is 29.9 Å². The molecular formula is C13H21N3. The fourth-order valence-electron chi connectivity index (χ4n) is 1.98. The summed E-state index contributed by atoms with van der Waals surface area (Å²) in [4.78, 5) is 4.47. The molecule has 0 spiro atoms. The van der Waals surface area contributed by atoms with E-state index in [1.807, 2.05) is 13.0 Å². The molecule has 0 amide bonds. The highest BCUT2D eigenvalue weighted by Gasteiger charge is 2.20. The molecule has 0 atom stereocenters. The smallest absolute Gasteiger partial charge is 0.203 e. The van der Waals surface area contributed by atoms with E-state index in [-0.39, 0.29) is 0 Å². The molecule has 0 bridgehead atoms. The van der Waals surface area contributed by atoms with Crippen molar-refractivity contribution in [1.82, 2.24) is 9.55 Å². The first-order valence-electron chi connectivity index (χ1n) is 6.18. The van der Waals surface area contributed by atoms with Crippen LogP contribution in [0.2, 0.25) is 0 Å². The Kier molecular flexibility index (Phi) is 3.65. The normalized spacial score (nSPS) is 15.1. The van der Waals surface area contributed by atoms with Crippen molar-refractivity contribution in [1.29, 1.82) is 0 Å². The van der Waals surface area contributed by atoms with Crippen molar-refractivity contribution < 1.29 is 0 Å². The lowest BCUT2D eigenvalue weighted by molar-refractivity contribution is 0.580. The zero-order valence-corrected chi connectivity index (χ0v) is 10.1. The van der Waals surface area contributed by atoms with Crippen LogP contribution in [0.3, 0.4) is 0 Å². The molecule has 1 fully saturated rings. The predicted molar refractivity (Wildman–Crippen MR) is 67.6 cm³/mol. The minimum Gasteiger partial charge on any atom is -0.352 e. The van der Waals surface area contributed by atoms with Crippen molar-refractivity contribution in [3.8, 4) is 0 Å². The first-order chi connectivity index (χ1) is 7.79.